The number of rotatable bonds is 7. The van der Waals surface area contributed by atoms with Crippen LogP contribution in [-0.4, -0.2) is 32.9 Å². The topological polar surface area (TPSA) is 75.6 Å². The number of benzene rings is 1. The Morgan fingerprint density at radius 2 is 2.06 bits per heavy atom. The van der Waals surface area contributed by atoms with Gasteiger partial charge in [0.1, 0.15) is 5.75 Å². The van der Waals surface area contributed by atoms with Gasteiger partial charge in [-0.1, -0.05) is 6.07 Å². The van der Waals surface area contributed by atoms with Crippen molar-refractivity contribution in [1.29, 1.82) is 0 Å². The first-order valence-electron chi connectivity index (χ1n) is 5.69. The summed E-state index contributed by atoms with van der Waals surface area (Å²) in [7, 11) is -3.13. The summed E-state index contributed by atoms with van der Waals surface area (Å²) in [6.07, 6.45) is 1.72. The SMILES string of the molecule is Cc1cc(CO)cc(OCCCNS(C)(=O)=O)c1. The van der Waals surface area contributed by atoms with Crippen molar-refractivity contribution in [3.8, 4) is 5.75 Å². The van der Waals surface area contributed by atoms with Crippen LogP contribution >= 0.6 is 0 Å². The van der Waals surface area contributed by atoms with Crippen LogP contribution in [-0.2, 0) is 16.6 Å². The van der Waals surface area contributed by atoms with Crippen LogP contribution in [0.1, 0.15) is 17.5 Å². The smallest absolute Gasteiger partial charge is 0.208 e. The lowest BCUT2D eigenvalue weighted by Gasteiger charge is -2.09. The molecular weight excluding hydrogens is 254 g/mol. The van der Waals surface area contributed by atoms with E-state index >= 15 is 0 Å². The van der Waals surface area contributed by atoms with Crippen LogP contribution < -0.4 is 9.46 Å². The Bertz CT molecular complexity index is 485. The van der Waals surface area contributed by atoms with Crippen molar-refractivity contribution in [3.05, 3.63) is 29.3 Å². The fourth-order valence-electron chi connectivity index (χ4n) is 1.52. The van der Waals surface area contributed by atoms with Crippen molar-refractivity contribution in [3.63, 3.8) is 0 Å². The first-order chi connectivity index (χ1) is 8.40. The molecule has 1 aromatic carbocycles. The molecule has 6 heteroatoms. The molecule has 0 amide bonds. The zero-order valence-corrected chi connectivity index (χ0v) is 11.5. The monoisotopic (exact) mass is 273 g/mol. The standard InChI is InChI=1S/C12H19NO4S/c1-10-6-11(9-14)8-12(7-10)17-5-3-4-13-18(2,15)16/h6-8,13-14H,3-5,9H2,1-2H3. The van der Waals surface area contributed by atoms with E-state index in [-0.39, 0.29) is 6.61 Å². The zero-order valence-electron chi connectivity index (χ0n) is 10.6. The lowest BCUT2D eigenvalue weighted by Crippen LogP contribution is -2.24. The van der Waals surface area contributed by atoms with E-state index < -0.39 is 10.0 Å². The zero-order chi connectivity index (χ0) is 13.6. The number of aliphatic hydroxyl groups is 1. The summed E-state index contributed by atoms with van der Waals surface area (Å²) in [6.45, 7) is 2.69. The van der Waals surface area contributed by atoms with Gasteiger partial charge in [0, 0.05) is 6.54 Å². The number of sulfonamides is 1. The summed E-state index contributed by atoms with van der Waals surface area (Å²) in [5.41, 5.74) is 1.82. The van der Waals surface area contributed by atoms with E-state index in [9.17, 15) is 8.42 Å². The molecule has 2 N–H and O–H groups in total. The van der Waals surface area contributed by atoms with Gasteiger partial charge in [0.05, 0.1) is 19.5 Å². The summed E-state index contributed by atoms with van der Waals surface area (Å²) < 4.78 is 29.5. The maximum absolute atomic E-state index is 10.8. The van der Waals surface area contributed by atoms with Gasteiger partial charge in [0.25, 0.3) is 0 Å². The molecule has 0 atom stereocenters. The van der Waals surface area contributed by atoms with Gasteiger partial charge < -0.3 is 9.84 Å². The number of hydrogen-bond acceptors (Lipinski definition) is 4. The molecule has 0 unspecified atom stereocenters. The number of nitrogens with one attached hydrogen (secondary N) is 1. The average molecular weight is 273 g/mol. The minimum atomic E-state index is -3.13. The molecular formula is C12H19NO4S. The number of aliphatic hydroxyl groups excluding tert-OH is 1. The van der Waals surface area contributed by atoms with E-state index in [1.54, 1.807) is 6.07 Å². The van der Waals surface area contributed by atoms with Gasteiger partial charge in [-0.15, -0.1) is 0 Å². The highest BCUT2D eigenvalue weighted by Gasteiger charge is 2.01. The molecule has 0 spiro atoms. The molecule has 0 aliphatic carbocycles. The maximum atomic E-state index is 10.8. The number of aryl methyl sites for hydroxylation is 1. The van der Waals surface area contributed by atoms with Crippen LogP contribution in [0, 0.1) is 6.92 Å². The second-order valence-electron chi connectivity index (χ2n) is 4.18. The third-order valence-electron chi connectivity index (χ3n) is 2.25. The van der Waals surface area contributed by atoms with Gasteiger partial charge in [0.15, 0.2) is 0 Å². The molecule has 0 radical (unpaired) electrons. The second kappa shape index (κ2) is 6.72. The van der Waals surface area contributed by atoms with Gasteiger partial charge in [-0.2, -0.15) is 0 Å². The first kappa shape index (κ1) is 14.9. The van der Waals surface area contributed by atoms with E-state index in [2.05, 4.69) is 4.72 Å². The van der Waals surface area contributed by atoms with E-state index in [1.807, 2.05) is 19.1 Å². The molecule has 102 valence electrons. The molecule has 1 rings (SSSR count). The summed E-state index contributed by atoms with van der Waals surface area (Å²) in [5, 5.41) is 9.05. The number of hydrogen-bond donors (Lipinski definition) is 2. The van der Waals surface area contributed by atoms with Crippen LogP contribution in [0.15, 0.2) is 18.2 Å². The molecule has 0 heterocycles. The van der Waals surface area contributed by atoms with Crippen LogP contribution in [0.2, 0.25) is 0 Å². The Labute approximate surface area is 108 Å². The Hall–Kier alpha value is -1.11. The minimum Gasteiger partial charge on any atom is -0.494 e. The molecule has 0 aliphatic heterocycles. The molecule has 0 saturated heterocycles. The van der Waals surface area contributed by atoms with Crippen molar-refractivity contribution in [1.82, 2.24) is 4.72 Å². The number of ether oxygens (including phenoxy) is 1. The fourth-order valence-corrected chi connectivity index (χ4v) is 2.03. The van der Waals surface area contributed by atoms with E-state index in [0.717, 1.165) is 17.4 Å². The van der Waals surface area contributed by atoms with Crippen LogP contribution in [0.25, 0.3) is 0 Å². The van der Waals surface area contributed by atoms with E-state index in [4.69, 9.17) is 9.84 Å². The lowest BCUT2D eigenvalue weighted by molar-refractivity contribution is 0.278. The molecule has 18 heavy (non-hydrogen) atoms. The third kappa shape index (κ3) is 6.00. The largest absolute Gasteiger partial charge is 0.494 e. The third-order valence-corrected chi connectivity index (χ3v) is 2.98. The molecule has 0 aromatic heterocycles. The summed E-state index contributed by atoms with van der Waals surface area (Å²) in [4.78, 5) is 0. The molecule has 0 fully saturated rings. The van der Waals surface area contributed by atoms with Crippen LogP contribution in [0.4, 0.5) is 0 Å². The highest BCUT2D eigenvalue weighted by molar-refractivity contribution is 7.88. The summed E-state index contributed by atoms with van der Waals surface area (Å²) in [6, 6.07) is 5.54. The van der Waals surface area contributed by atoms with Crippen molar-refractivity contribution in [2.45, 2.75) is 20.0 Å². The predicted octanol–water partition coefficient (Wildman–Crippen LogP) is 0.805. The average Bonchev–Trinajstić information content (AvgIpc) is 2.26. The second-order valence-corrected chi connectivity index (χ2v) is 6.01. The highest BCUT2D eigenvalue weighted by atomic mass is 32.2. The van der Waals surface area contributed by atoms with E-state index in [1.165, 1.54) is 0 Å². The van der Waals surface area contributed by atoms with Gasteiger partial charge in [0.2, 0.25) is 10.0 Å². The Morgan fingerprint density at radius 1 is 1.33 bits per heavy atom. The van der Waals surface area contributed by atoms with Crippen molar-refractivity contribution < 1.29 is 18.3 Å². The quantitative estimate of drug-likeness (QED) is 0.721. The van der Waals surface area contributed by atoms with Crippen LogP contribution in [0.3, 0.4) is 0 Å². The highest BCUT2D eigenvalue weighted by Crippen LogP contribution is 2.17. The Balaban J connectivity index is 2.37. The Morgan fingerprint density at radius 3 is 2.67 bits per heavy atom. The molecule has 0 bridgehead atoms. The summed E-state index contributed by atoms with van der Waals surface area (Å²) in [5.74, 6) is 0.693. The van der Waals surface area contributed by atoms with Gasteiger partial charge in [-0.05, 0) is 36.6 Å². The van der Waals surface area contributed by atoms with Crippen molar-refractivity contribution in [2.75, 3.05) is 19.4 Å². The summed E-state index contributed by atoms with van der Waals surface area (Å²) >= 11 is 0. The minimum absolute atomic E-state index is 0.0202. The molecule has 0 aliphatic rings. The maximum Gasteiger partial charge on any atom is 0.208 e. The molecule has 0 saturated carbocycles. The fraction of sp³-hybridized carbons (Fsp3) is 0.500. The van der Waals surface area contributed by atoms with Gasteiger partial charge >= 0.3 is 0 Å². The first-order valence-corrected chi connectivity index (χ1v) is 7.59. The van der Waals surface area contributed by atoms with Crippen LogP contribution in [0.5, 0.6) is 5.75 Å². The normalized spacial score (nSPS) is 11.5. The molecule has 5 nitrogen and oxygen atoms in total. The lowest BCUT2D eigenvalue weighted by atomic mass is 10.1. The van der Waals surface area contributed by atoms with Gasteiger partial charge in [-0.3, -0.25) is 0 Å². The van der Waals surface area contributed by atoms with Gasteiger partial charge in [-0.25, -0.2) is 13.1 Å². The van der Waals surface area contributed by atoms with E-state index in [0.29, 0.717) is 25.3 Å². The van der Waals surface area contributed by atoms with Crippen molar-refractivity contribution >= 4 is 10.0 Å². The predicted molar refractivity (Wildman–Crippen MR) is 70.1 cm³/mol. The molecule has 1 aromatic rings. The van der Waals surface area contributed by atoms with Crippen molar-refractivity contribution in [2.24, 2.45) is 0 Å². The Kier molecular flexibility index (Phi) is 5.58.